The molecule has 0 amide bonds. The summed E-state index contributed by atoms with van der Waals surface area (Å²) < 4.78 is 22.7. The van der Waals surface area contributed by atoms with Crippen LogP contribution in [0.5, 0.6) is 0 Å². The number of aliphatic hydroxyl groups is 1. The number of esters is 1. The summed E-state index contributed by atoms with van der Waals surface area (Å²) in [6, 6.07) is 8.50. The van der Waals surface area contributed by atoms with E-state index >= 15 is 0 Å². The molecule has 0 radical (unpaired) electrons. The third-order valence-corrected chi connectivity index (χ3v) is 2.54. The van der Waals surface area contributed by atoms with Gasteiger partial charge in [0.15, 0.2) is 12.5 Å². The molecule has 0 bridgehead atoms. The summed E-state index contributed by atoms with van der Waals surface area (Å²) in [6.45, 7) is -0.0504. The van der Waals surface area contributed by atoms with Crippen molar-refractivity contribution in [1.29, 1.82) is 0 Å². The van der Waals surface area contributed by atoms with Gasteiger partial charge < -0.3 is 14.6 Å². The van der Waals surface area contributed by atoms with Gasteiger partial charge in [-0.15, -0.1) is 0 Å². The summed E-state index contributed by atoms with van der Waals surface area (Å²) in [5, 5.41) is 9.01. The van der Waals surface area contributed by atoms with Gasteiger partial charge >= 0.3 is 5.97 Å². The van der Waals surface area contributed by atoms with Crippen LogP contribution >= 0.6 is 0 Å². The molecule has 0 saturated carbocycles. The van der Waals surface area contributed by atoms with Gasteiger partial charge in [0.1, 0.15) is 6.61 Å². The molecule has 92 valence electrons. The van der Waals surface area contributed by atoms with Crippen LogP contribution in [-0.2, 0) is 9.47 Å². The molecule has 1 aliphatic rings. The highest BCUT2D eigenvalue weighted by atomic mass is 19.1. The van der Waals surface area contributed by atoms with Crippen molar-refractivity contribution in [3.63, 3.8) is 0 Å². The Morgan fingerprint density at radius 3 is 2.76 bits per heavy atom. The Hall–Kier alpha value is -1.46. The molecule has 17 heavy (non-hydrogen) atoms. The first-order chi connectivity index (χ1) is 8.16. The number of carbonyl (C=O) groups excluding carboxylic acids is 1. The molecule has 1 aromatic rings. The van der Waals surface area contributed by atoms with Crippen molar-refractivity contribution >= 4 is 5.97 Å². The van der Waals surface area contributed by atoms with E-state index in [-0.39, 0.29) is 13.0 Å². The molecule has 2 rings (SSSR count). The predicted octanol–water partition coefficient (Wildman–Crippen LogP) is 1.29. The van der Waals surface area contributed by atoms with E-state index in [1.54, 1.807) is 30.3 Å². The monoisotopic (exact) mass is 240 g/mol. The normalized spacial score (nSPS) is 28.0. The molecule has 4 nitrogen and oxygen atoms in total. The van der Waals surface area contributed by atoms with Gasteiger partial charge in [0.25, 0.3) is 0 Å². The number of benzene rings is 1. The van der Waals surface area contributed by atoms with E-state index in [0.29, 0.717) is 5.56 Å². The molecule has 3 atom stereocenters. The van der Waals surface area contributed by atoms with E-state index in [1.807, 2.05) is 0 Å². The highest BCUT2D eigenvalue weighted by Gasteiger charge is 2.34. The summed E-state index contributed by atoms with van der Waals surface area (Å²) in [6.07, 6.45) is -3.35. The number of alkyl halides is 1. The van der Waals surface area contributed by atoms with Crippen LogP contribution in [0.15, 0.2) is 30.3 Å². The molecule has 0 aliphatic carbocycles. The number of hydrogen-bond acceptors (Lipinski definition) is 4. The Morgan fingerprint density at radius 1 is 1.47 bits per heavy atom. The Balaban J connectivity index is 1.81. The fourth-order valence-electron chi connectivity index (χ4n) is 1.64. The van der Waals surface area contributed by atoms with Crippen LogP contribution in [0.2, 0.25) is 0 Å². The van der Waals surface area contributed by atoms with Crippen LogP contribution in [0, 0.1) is 0 Å². The smallest absolute Gasteiger partial charge is 0.338 e. The maximum Gasteiger partial charge on any atom is 0.338 e. The fraction of sp³-hybridized carbons (Fsp3) is 0.417. The van der Waals surface area contributed by atoms with Crippen LogP contribution in [0.25, 0.3) is 0 Å². The van der Waals surface area contributed by atoms with E-state index in [4.69, 9.17) is 14.6 Å². The molecule has 1 aromatic carbocycles. The number of hydrogen-bond donors (Lipinski definition) is 1. The second-order valence-electron chi connectivity index (χ2n) is 3.86. The highest BCUT2D eigenvalue weighted by molar-refractivity contribution is 5.89. The lowest BCUT2D eigenvalue weighted by Crippen LogP contribution is -2.19. The van der Waals surface area contributed by atoms with Gasteiger partial charge in [-0.3, -0.25) is 0 Å². The topological polar surface area (TPSA) is 55.8 Å². The minimum Gasteiger partial charge on any atom is -0.459 e. The first-order valence-electron chi connectivity index (χ1n) is 5.36. The van der Waals surface area contributed by atoms with E-state index < -0.39 is 24.5 Å². The average Bonchev–Trinajstić information content (AvgIpc) is 2.67. The summed E-state index contributed by atoms with van der Waals surface area (Å²) in [5.41, 5.74) is 0.433. The Bertz CT molecular complexity index is 371. The molecule has 5 heteroatoms. The number of carbonyl (C=O) groups is 1. The maximum atomic E-state index is 12.9. The highest BCUT2D eigenvalue weighted by Crippen LogP contribution is 2.21. The Morgan fingerprint density at radius 2 is 2.18 bits per heavy atom. The lowest BCUT2D eigenvalue weighted by molar-refractivity contribution is -0.121. The number of aliphatic hydroxyl groups excluding tert-OH is 1. The third kappa shape index (κ3) is 3.01. The zero-order chi connectivity index (χ0) is 12.3. The second kappa shape index (κ2) is 5.25. The first kappa shape index (κ1) is 12.0. The van der Waals surface area contributed by atoms with E-state index in [9.17, 15) is 9.18 Å². The van der Waals surface area contributed by atoms with Gasteiger partial charge in [-0.05, 0) is 12.1 Å². The van der Waals surface area contributed by atoms with Crippen molar-refractivity contribution < 1.29 is 23.8 Å². The van der Waals surface area contributed by atoms with Gasteiger partial charge in [-0.25, -0.2) is 9.18 Å². The van der Waals surface area contributed by atoms with Crippen molar-refractivity contribution in [3.8, 4) is 0 Å². The molecule has 1 fully saturated rings. The van der Waals surface area contributed by atoms with Crippen LogP contribution in [-0.4, -0.2) is 36.2 Å². The SMILES string of the molecule is O=C(OC[C@H]1C[C@H](F)[C@@H](O)O1)c1ccccc1. The lowest BCUT2D eigenvalue weighted by atomic mass is 10.2. The molecule has 0 unspecified atom stereocenters. The van der Waals surface area contributed by atoms with Gasteiger partial charge in [0, 0.05) is 6.42 Å². The van der Waals surface area contributed by atoms with Crippen molar-refractivity contribution in [2.75, 3.05) is 6.61 Å². The zero-order valence-corrected chi connectivity index (χ0v) is 9.08. The molecule has 1 N–H and O–H groups in total. The van der Waals surface area contributed by atoms with Gasteiger partial charge in [0.2, 0.25) is 0 Å². The lowest BCUT2D eigenvalue weighted by Gasteiger charge is -2.10. The van der Waals surface area contributed by atoms with E-state index in [1.165, 1.54) is 0 Å². The fourth-order valence-corrected chi connectivity index (χ4v) is 1.64. The summed E-state index contributed by atoms with van der Waals surface area (Å²) in [4.78, 5) is 11.5. The molecule has 0 aromatic heterocycles. The molecular formula is C12H13FO4. The standard InChI is InChI=1S/C12H13FO4/c13-10-6-9(17-12(10)15)7-16-11(14)8-4-2-1-3-5-8/h1-5,9-10,12,15H,6-7H2/t9-,10+,12+/m1/s1. The number of halogens is 1. The Kier molecular flexibility index (Phi) is 3.71. The maximum absolute atomic E-state index is 12.9. The third-order valence-electron chi connectivity index (χ3n) is 2.54. The molecule has 1 saturated heterocycles. The summed E-state index contributed by atoms with van der Waals surface area (Å²) in [7, 11) is 0. The van der Waals surface area contributed by atoms with E-state index in [2.05, 4.69) is 0 Å². The quantitative estimate of drug-likeness (QED) is 0.809. The van der Waals surface area contributed by atoms with E-state index in [0.717, 1.165) is 0 Å². The number of ether oxygens (including phenoxy) is 2. The summed E-state index contributed by atoms with van der Waals surface area (Å²) in [5.74, 6) is -0.481. The summed E-state index contributed by atoms with van der Waals surface area (Å²) >= 11 is 0. The van der Waals surface area contributed by atoms with Crippen LogP contribution in [0.3, 0.4) is 0 Å². The zero-order valence-electron chi connectivity index (χ0n) is 9.08. The van der Waals surface area contributed by atoms with Crippen LogP contribution in [0.1, 0.15) is 16.8 Å². The first-order valence-corrected chi connectivity index (χ1v) is 5.36. The van der Waals surface area contributed by atoms with Crippen molar-refractivity contribution in [2.24, 2.45) is 0 Å². The van der Waals surface area contributed by atoms with Crippen LogP contribution < -0.4 is 0 Å². The van der Waals surface area contributed by atoms with Crippen LogP contribution in [0.4, 0.5) is 4.39 Å². The molecule has 1 heterocycles. The number of rotatable bonds is 3. The largest absolute Gasteiger partial charge is 0.459 e. The minimum absolute atomic E-state index is 0.0449. The predicted molar refractivity (Wildman–Crippen MR) is 57.1 cm³/mol. The van der Waals surface area contributed by atoms with Crippen molar-refractivity contribution in [1.82, 2.24) is 0 Å². The molecule has 0 spiro atoms. The molecule has 1 aliphatic heterocycles. The molecular weight excluding hydrogens is 227 g/mol. The van der Waals surface area contributed by atoms with Crippen molar-refractivity contribution in [3.05, 3.63) is 35.9 Å². The van der Waals surface area contributed by atoms with Crippen molar-refractivity contribution in [2.45, 2.75) is 25.0 Å². The van der Waals surface area contributed by atoms with Gasteiger partial charge in [0.05, 0.1) is 11.7 Å². The average molecular weight is 240 g/mol. The van der Waals surface area contributed by atoms with Gasteiger partial charge in [-0.2, -0.15) is 0 Å². The second-order valence-corrected chi connectivity index (χ2v) is 3.86. The van der Waals surface area contributed by atoms with Gasteiger partial charge in [-0.1, -0.05) is 18.2 Å². The minimum atomic E-state index is -1.41. The Labute approximate surface area is 98.0 Å².